The molecule has 8 heteroatoms. The highest BCUT2D eigenvalue weighted by Gasteiger charge is 2.35. The van der Waals surface area contributed by atoms with E-state index < -0.39 is 6.04 Å². The molecule has 2 amide bonds. The number of carbonyl (C=O) groups excluding carboxylic acids is 2. The molecule has 0 radical (unpaired) electrons. The summed E-state index contributed by atoms with van der Waals surface area (Å²) in [6, 6.07) is 4.57. The van der Waals surface area contributed by atoms with Gasteiger partial charge in [0.25, 0.3) is 5.56 Å². The molecule has 1 aromatic rings. The molecule has 1 aromatic heterocycles. The zero-order valence-corrected chi connectivity index (χ0v) is 15.1. The van der Waals surface area contributed by atoms with Gasteiger partial charge in [0.15, 0.2) is 0 Å². The van der Waals surface area contributed by atoms with Gasteiger partial charge in [-0.2, -0.15) is 0 Å². The van der Waals surface area contributed by atoms with E-state index >= 15 is 0 Å². The molecule has 0 unspecified atom stereocenters. The Hall–Kier alpha value is -2.19. The highest BCUT2D eigenvalue weighted by atomic mass is 16.5. The quantitative estimate of drug-likeness (QED) is 0.759. The van der Waals surface area contributed by atoms with Gasteiger partial charge >= 0.3 is 0 Å². The number of amides is 2. The smallest absolute Gasteiger partial charge is 0.250 e. The van der Waals surface area contributed by atoms with Crippen LogP contribution in [0.1, 0.15) is 12.1 Å². The molecule has 3 heterocycles. The molecule has 3 rings (SSSR count). The highest BCUT2D eigenvalue weighted by Crippen LogP contribution is 2.11. The predicted octanol–water partition coefficient (Wildman–Crippen LogP) is -0.794. The Morgan fingerprint density at radius 2 is 2.00 bits per heavy atom. The monoisotopic (exact) mass is 362 g/mol. The Balaban J connectivity index is 1.66. The Bertz CT molecular complexity index is 711. The molecule has 26 heavy (non-hydrogen) atoms. The molecule has 1 atom stereocenters. The lowest BCUT2D eigenvalue weighted by Crippen LogP contribution is -2.61. The fourth-order valence-electron chi connectivity index (χ4n) is 3.48. The first-order valence-electron chi connectivity index (χ1n) is 9.11. The average molecular weight is 362 g/mol. The number of hydrogen-bond donors (Lipinski definition) is 1. The lowest BCUT2D eigenvalue weighted by Gasteiger charge is -2.39. The number of aryl methyl sites for hydroxylation is 1. The topological polar surface area (TPSA) is 83.9 Å². The molecular formula is C18H26N4O4. The third kappa shape index (κ3) is 4.13. The Morgan fingerprint density at radius 1 is 1.23 bits per heavy atom. The first-order chi connectivity index (χ1) is 12.6. The Morgan fingerprint density at radius 3 is 2.73 bits per heavy atom. The second kappa shape index (κ2) is 8.46. The molecule has 2 saturated heterocycles. The van der Waals surface area contributed by atoms with Crippen LogP contribution in [0, 0.1) is 6.92 Å². The summed E-state index contributed by atoms with van der Waals surface area (Å²) < 4.78 is 6.90. The van der Waals surface area contributed by atoms with Crippen LogP contribution in [0.4, 0.5) is 0 Å². The van der Waals surface area contributed by atoms with Crippen molar-refractivity contribution in [2.75, 3.05) is 45.9 Å². The van der Waals surface area contributed by atoms with Gasteiger partial charge in [0.2, 0.25) is 11.8 Å². The maximum Gasteiger partial charge on any atom is 0.250 e. The van der Waals surface area contributed by atoms with Gasteiger partial charge in [-0.1, -0.05) is 6.07 Å². The highest BCUT2D eigenvalue weighted by molar-refractivity contribution is 5.88. The molecule has 0 spiro atoms. The molecule has 142 valence electrons. The summed E-state index contributed by atoms with van der Waals surface area (Å²) in [7, 11) is 0. The minimum Gasteiger partial charge on any atom is -0.378 e. The van der Waals surface area contributed by atoms with E-state index in [0.717, 1.165) is 5.69 Å². The summed E-state index contributed by atoms with van der Waals surface area (Å²) in [4.78, 5) is 41.0. The van der Waals surface area contributed by atoms with Crippen LogP contribution in [0.2, 0.25) is 0 Å². The van der Waals surface area contributed by atoms with Crippen LogP contribution in [0.5, 0.6) is 0 Å². The molecule has 0 saturated carbocycles. The van der Waals surface area contributed by atoms with E-state index in [1.54, 1.807) is 20.4 Å². The van der Waals surface area contributed by atoms with Crippen molar-refractivity contribution in [3.63, 3.8) is 0 Å². The van der Waals surface area contributed by atoms with E-state index in [1.807, 2.05) is 13.0 Å². The lowest BCUT2D eigenvalue weighted by molar-refractivity contribution is -0.149. The Labute approximate surface area is 152 Å². The third-order valence-corrected chi connectivity index (χ3v) is 4.99. The fourth-order valence-corrected chi connectivity index (χ4v) is 3.48. The van der Waals surface area contributed by atoms with Crippen LogP contribution < -0.4 is 10.9 Å². The first kappa shape index (κ1) is 18.6. The van der Waals surface area contributed by atoms with E-state index in [0.29, 0.717) is 52.5 Å². The van der Waals surface area contributed by atoms with Gasteiger partial charge in [0.1, 0.15) is 6.04 Å². The number of hydrogen-bond acceptors (Lipinski definition) is 5. The molecule has 0 aromatic carbocycles. The van der Waals surface area contributed by atoms with Gasteiger partial charge in [-0.15, -0.1) is 0 Å². The van der Waals surface area contributed by atoms with Crippen molar-refractivity contribution in [1.29, 1.82) is 0 Å². The van der Waals surface area contributed by atoms with Crippen LogP contribution in [0.3, 0.4) is 0 Å². The molecule has 1 N–H and O–H groups in total. The normalized spacial score (nSPS) is 20.9. The molecule has 2 aliphatic heterocycles. The van der Waals surface area contributed by atoms with Crippen molar-refractivity contribution in [3.8, 4) is 0 Å². The van der Waals surface area contributed by atoms with E-state index in [9.17, 15) is 14.4 Å². The summed E-state index contributed by atoms with van der Waals surface area (Å²) in [6.07, 6.45) is 0.206. The van der Waals surface area contributed by atoms with Crippen LogP contribution in [-0.4, -0.2) is 78.2 Å². The number of morpholine rings is 1. The van der Waals surface area contributed by atoms with Gasteiger partial charge in [0.05, 0.1) is 13.2 Å². The summed E-state index contributed by atoms with van der Waals surface area (Å²) in [5, 5.41) is 3.20. The lowest BCUT2D eigenvalue weighted by atomic mass is 10.1. The van der Waals surface area contributed by atoms with Crippen LogP contribution in [0.25, 0.3) is 0 Å². The summed E-state index contributed by atoms with van der Waals surface area (Å²) in [5.41, 5.74) is 0.714. The van der Waals surface area contributed by atoms with Crippen LogP contribution in [0.15, 0.2) is 23.0 Å². The minimum atomic E-state index is -0.483. The maximum absolute atomic E-state index is 12.8. The molecular weight excluding hydrogens is 336 g/mol. The standard InChI is InChI=1S/C18H26N4O4/c1-14-3-2-4-16(23)21(14)7-5-17(24)22-8-6-19-13-15(22)18(25)20-9-11-26-12-10-20/h2-4,15,19H,5-13H2,1H3/t15-/m0/s1. The fraction of sp³-hybridized carbons (Fsp3) is 0.611. The van der Waals surface area contributed by atoms with E-state index in [-0.39, 0.29) is 23.8 Å². The number of nitrogens with zero attached hydrogens (tertiary/aromatic N) is 3. The van der Waals surface area contributed by atoms with Crippen molar-refractivity contribution in [1.82, 2.24) is 19.7 Å². The third-order valence-electron chi connectivity index (χ3n) is 4.99. The van der Waals surface area contributed by atoms with Gasteiger partial charge in [-0.25, -0.2) is 0 Å². The van der Waals surface area contributed by atoms with Crippen molar-refractivity contribution in [3.05, 3.63) is 34.2 Å². The zero-order valence-electron chi connectivity index (χ0n) is 15.1. The number of pyridine rings is 1. The number of ether oxygens (including phenoxy) is 1. The maximum atomic E-state index is 12.8. The number of nitrogens with one attached hydrogen (secondary N) is 1. The first-order valence-corrected chi connectivity index (χ1v) is 9.11. The van der Waals surface area contributed by atoms with Crippen molar-refractivity contribution in [2.45, 2.75) is 25.9 Å². The van der Waals surface area contributed by atoms with Gasteiger partial charge < -0.3 is 24.4 Å². The van der Waals surface area contributed by atoms with Crippen molar-refractivity contribution < 1.29 is 14.3 Å². The Kier molecular flexibility index (Phi) is 6.05. The second-order valence-electron chi connectivity index (χ2n) is 6.65. The number of rotatable bonds is 4. The van der Waals surface area contributed by atoms with E-state index in [4.69, 9.17) is 4.74 Å². The minimum absolute atomic E-state index is 0.0260. The van der Waals surface area contributed by atoms with Gasteiger partial charge in [-0.3, -0.25) is 14.4 Å². The second-order valence-corrected chi connectivity index (χ2v) is 6.65. The summed E-state index contributed by atoms with van der Waals surface area (Å²) in [5.74, 6) is -0.116. The molecule has 0 bridgehead atoms. The van der Waals surface area contributed by atoms with Gasteiger partial charge in [0, 0.05) is 57.4 Å². The molecule has 2 fully saturated rings. The average Bonchev–Trinajstić information content (AvgIpc) is 2.67. The van der Waals surface area contributed by atoms with Crippen LogP contribution >= 0.6 is 0 Å². The van der Waals surface area contributed by atoms with Crippen LogP contribution in [-0.2, 0) is 20.9 Å². The molecule has 0 aliphatic carbocycles. The SMILES string of the molecule is Cc1cccc(=O)n1CCC(=O)N1CCNC[C@H]1C(=O)N1CCOCC1. The van der Waals surface area contributed by atoms with Crippen molar-refractivity contribution >= 4 is 11.8 Å². The number of piperazine rings is 1. The molecule has 2 aliphatic rings. The molecule has 8 nitrogen and oxygen atoms in total. The largest absolute Gasteiger partial charge is 0.378 e. The summed E-state index contributed by atoms with van der Waals surface area (Å²) >= 11 is 0. The van der Waals surface area contributed by atoms with Crippen molar-refractivity contribution in [2.24, 2.45) is 0 Å². The predicted molar refractivity (Wildman–Crippen MR) is 95.8 cm³/mol. The summed E-state index contributed by atoms with van der Waals surface area (Å²) in [6.45, 7) is 6.02. The van der Waals surface area contributed by atoms with E-state index in [1.165, 1.54) is 6.07 Å². The number of aromatic nitrogens is 1. The van der Waals surface area contributed by atoms with E-state index in [2.05, 4.69) is 5.32 Å². The number of carbonyl (C=O) groups is 2. The zero-order chi connectivity index (χ0) is 18.5. The van der Waals surface area contributed by atoms with Gasteiger partial charge in [-0.05, 0) is 13.0 Å².